The molecule has 2 rings (SSSR count). The minimum absolute atomic E-state index is 0.464. The molecular formula is C14H27NO. The van der Waals surface area contributed by atoms with E-state index < -0.39 is 5.60 Å². The molecule has 0 spiro atoms. The summed E-state index contributed by atoms with van der Waals surface area (Å²) in [5, 5.41) is 9.69. The van der Waals surface area contributed by atoms with Crippen molar-refractivity contribution in [3.8, 4) is 0 Å². The summed E-state index contributed by atoms with van der Waals surface area (Å²) in [4.78, 5) is 2.69. The highest BCUT2D eigenvalue weighted by molar-refractivity contribution is 4.86. The molecule has 2 nitrogen and oxygen atoms in total. The summed E-state index contributed by atoms with van der Waals surface area (Å²) in [5.41, 5.74) is -0.464. The minimum Gasteiger partial charge on any atom is -0.390 e. The van der Waals surface area contributed by atoms with Gasteiger partial charge in [0.1, 0.15) is 0 Å². The first-order valence-corrected chi connectivity index (χ1v) is 7.01. The van der Waals surface area contributed by atoms with Crippen LogP contribution in [-0.4, -0.2) is 34.7 Å². The average Bonchev–Trinajstić information content (AvgIpc) is 2.62. The summed E-state index contributed by atoms with van der Waals surface area (Å²) in [6, 6.07) is 0.904. The van der Waals surface area contributed by atoms with Crippen molar-refractivity contribution in [2.45, 2.75) is 70.4 Å². The van der Waals surface area contributed by atoms with Gasteiger partial charge >= 0.3 is 0 Å². The van der Waals surface area contributed by atoms with Crippen molar-refractivity contribution >= 4 is 0 Å². The maximum atomic E-state index is 9.69. The third-order valence-electron chi connectivity index (χ3n) is 4.33. The lowest BCUT2D eigenvalue weighted by atomic mass is 9.86. The van der Waals surface area contributed by atoms with Crippen LogP contribution < -0.4 is 0 Å². The zero-order chi connectivity index (χ0) is 11.6. The molecule has 94 valence electrons. The average molecular weight is 225 g/mol. The number of nitrogens with zero attached hydrogens (tertiary/aromatic N) is 1. The second kappa shape index (κ2) is 5.05. The first-order chi connectivity index (χ1) is 7.54. The molecule has 2 heteroatoms. The van der Waals surface area contributed by atoms with Gasteiger partial charge in [-0.25, -0.2) is 0 Å². The zero-order valence-corrected chi connectivity index (χ0v) is 10.9. The summed E-state index contributed by atoms with van der Waals surface area (Å²) < 4.78 is 0. The van der Waals surface area contributed by atoms with E-state index >= 15 is 0 Å². The Balaban J connectivity index is 1.67. The molecular weight excluding hydrogens is 198 g/mol. The fraction of sp³-hybridized carbons (Fsp3) is 1.00. The van der Waals surface area contributed by atoms with Crippen LogP contribution in [0.25, 0.3) is 0 Å². The monoisotopic (exact) mass is 225 g/mol. The Morgan fingerprint density at radius 2 is 2.06 bits per heavy atom. The second-order valence-corrected chi connectivity index (χ2v) is 6.43. The quantitative estimate of drug-likeness (QED) is 0.795. The molecule has 0 radical (unpaired) electrons. The van der Waals surface area contributed by atoms with Gasteiger partial charge in [-0.15, -0.1) is 0 Å². The van der Waals surface area contributed by atoms with E-state index in [1.54, 1.807) is 0 Å². The van der Waals surface area contributed by atoms with Crippen LogP contribution in [0.15, 0.2) is 0 Å². The molecule has 0 amide bonds. The Morgan fingerprint density at radius 3 is 2.81 bits per heavy atom. The van der Waals surface area contributed by atoms with Crippen molar-refractivity contribution in [3.05, 3.63) is 0 Å². The van der Waals surface area contributed by atoms with Crippen LogP contribution in [0.2, 0.25) is 0 Å². The van der Waals surface area contributed by atoms with Crippen molar-refractivity contribution < 1.29 is 5.11 Å². The van der Waals surface area contributed by atoms with Crippen LogP contribution in [0.1, 0.15) is 58.8 Å². The maximum Gasteiger partial charge on any atom is 0.0591 e. The Morgan fingerprint density at radius 1 is 1.25 bits per heavy atom. The van der Waals surface area contributed by atoms with Gasteiger partial charge in [0.2, 0.25) is 0 Å². The smallest absolute Gasteiger partial charge is 0.0591 e. The Labute approximate surface area is 100 Å². The lowest BCUT2D eigenvalue weighted by molar-refractivity contribution is 0.0640. The zero-order valence-electron chi connectivity index (χ0n) is 10.9. The standard InChI is InChI=1S/C14H27NO/c1-14(2,16)8-3-5-12-7-10-15-9-4-6-13(15)11-12/h12-13,16H,3-11H2,1-2H3. The van der Waals surface area contributed by atoms with E-state index in [1.807, 2.05) is 13.8 Å². The summed E-state index contributed by atoms with van der Waals surface area (Å²) in [6.07, 6.45) is 9.14. The van der Waals surface area contributed by atoms with Gasteiger partial charge in [0, 0.05) is 6.04 Å². The SMILES string of the molecule is CC(C)(O)CCCC1CCN2CCCC2C1. The van der Waals surface area contributed by atoms with Gasteiger partial charge < -0.3 is 10.0 Å². The number of fused-ring (bicyclic) bond motifs is 1. The van der Waals surface area contributed by atoms with Gasteiger partial charge in [0.15, 0.2) is 0 Å². The molecule has 0 bridgehead atoms. The number of rotatable bonds is 4. The summed E-state index contributed by atoms with van der Waals surface area (Å²) in [6.45, 7) is 6.53. The Bertz CT molecular complexity index is 221. The van der Waals surface area contributed by atoms with E-state index in [1.165, 1.54) is 51.6 Å². The van der Waals surface area contributed by atoms with Crippen molar-refractivity contribution in [1.29, 1.82) is 0 Å². The van der Waals surface area contributed by atoms with Crippen LogP contribution in [0.3, 0.4) is 0 Å². The third kappa shape index (κ3) is 3.46. The second-order valence-electron chi connectivity index (χ2n) is 6.43. The molecule has 0 aliphatic carbocycles. The molecule has 2 heterocycles. The van der Waals surface area contributed by atoms with Crippen molar-refractivity contribution in [2.24, 2.45) is 5.92 Å². The lowest BCUT2D eigenvalue weighted by Crippen LogP contribution is -2.37. The molecule has 2 aliphatic heterocycles. The molecule has 2 aliphatic rings. The molecule has 0 saturated carbocycles. The summed E-state index contributed by atoms with van der Waals surface area (Å²) >= 11 is 0. The fourth-order valence-corrected chi connectivity index (χ4v) is 3.39. The summed E-state index contributed by atoms with van der Waals surface area (Å²) in [5.74, 6) is 0.932. The number of piperidine rings is 1. The normalized spacial score (nSPS) is 31.7. The highest BCUT2D eigenvalue weighted by Gasteiger charge is 2.31. The lowest BCUT2D eigenvalue weighted by Gasteiger charge is -2.35. The van der Waals surface area contributed by atoms with Crippen LogP contribution in [0.4, 0.5) is 0 Å². The topological polar surface area (TPSA) is 23.5 Å². The van der Waals surface area contributed by atoms with E-state index in [9.17, 15) is 5.11 Å². The third-order valence-corrected chi connectivity index (χ3v) is 4.33. The predicted octanol–water partition coefficient (Wildman–Crippen LogP) is 2.80. The Hall–Kier alpha value is -0.0800. The van der Waals surface area contributed by atoms with Crippen LogP contribution in [-0.2, 0) is 0 Å². The molecule has 2 atom stereocenters. The number of aliphatic hydroxyl groups is 1. The van der Waals surface area contributed by atoms with Crippen molar-refractivity contribution in [3.63, 3.8) is 0 Å². The van der Waals surface area contributed by atoms with Gasteiger partial charge in [0.25, 0.3) is 0 Å². The van der Waals surface area contributed by atoms with Crippen molar-refractivity contribution in [2.75, 3.05) is 13.1 Å². The van der Waals surface area contributed by atoms with Crippen LogP contribution in [0, 0.1) is 5.92 Å². The Kier molecular flexibility index (Phi) is 3.91. The maximum absolute atomic E-state index is 9.69. The molecule has 16 heavy (non-hydrogen) atoms. The molecule has 1 N–H and O–H groups in total. The summed E-state index contributed by atoms with van der Waals surface area (Å²) in [7, 11) is 0. The molecule has 2 unspecified atom stereocenters. The van der Waals surface area contributed by atoms with E-state index in [2.05, 4.69) is 4.90 Å². The van der Waals surface area contributed by atoms with Crippen molar-refractivity contribution in [1.82, 2.24) is 4.90 Å². The number of hydrogen-bond donors (Lipinski definition) is 1. The molecule has 2 fully saturated rings. The van der Waals surface area contributed by atoms with Gasteiger partial charge in [-0.1, -0.05) is 12.8 Å². The van der Waals surface area contributed by atoms with Gasteiger partial charge in [-0.05, 0) is 65.0 Å². The molecule has 0 aromatic heterocycles. The molecule has 0 aromatic carbocycles. The van der Waals surface area contributed by atoms with Gasteiger partial charge in [0.05, 0.1) is 5.60 Å². The molecule has 2 saturated heterocycles. The van der Waals surface area contributed by atoms with Crippen LogP contribution in [0.5, 0.6) is 0 Å². The van der Waals surface area contributed by atoms with E-state index in [4.69, 9.17) is 0 Å². The minimum atomic E-state index is -0.464. The predicted molar refractivity (Wildman–Crippen MR) is 67.5 cm³/mol. The van der Waals surface area contributed by atoms with E-state index in [-0.39, 0.29) is 0 Å². The first kappa shape index (κ1) is 12.4. The number of hydrogen-bond acceptors (Lipinski definition) is 2. The molecule has 0 aromatic rings. The largest absolute Gasteiger partial charge is 0.390 e. The van der Waals surface area contributed by atoms with E-state index in [0.29, 0.717) is 0 Å². The highest BCUT2D eigenvalue weighted by Crippen LogP contribution is 2.33. The fourth-order valence-electron chi connectivity index (χ4n) is 3.39. The van der Waals surface area contributed by atoms with Gasteiger partial charge in [-0.2, -0.15) is 0 Å². The van der Waals surface area contributed by atoms with Crippen LogP contribution >= 0.6 is 0 Å². The first-order valence-electron chi connectivity index (χ1n) is 7.01. The van der Waals surface area contributed by atoms with Gasteiger partial charge in [-0.3, -0.25) is 0 Å². The highest BCUT2D eigenvalue weighted by atomic mass is 16.3. The van der Waals surface area contributed by atoms with E-state index in [0.717, 1.165) is 18.4 Å².